The van der Waals surface area contributed by atoms with Gasteiger partial charge in [0.15, 0.2) is 0 Å². The summed E-state index contributed by atoms with van der Waals surface area (Å²) >= 11 is 0. The Morgan fingerprint density at radius 3 is 2.42 bits per heavy atom. The topological polar surface area (TPSA) is 82.1 Å². The van der Waals surface area contributed by atoms with Crippen LogP contribution in [0.25, 0.3) is 0 Å². The second kappa shape index (κ2) is 8.57. The van der Waals surface area contributed by atoms with Crippen molar-refractivity contribution in [1.29, 1.82) is 0 Å². The molecule has 0 unspecified atom stereocenters. The van der Waals surface area contributed by atoms with Crippen molar-refractivity contribution in [1.82, 2.24) is 19.9 Å². The third-order valence-electron chi connectivity index (χ3n) is 7.99. The van der Waals surface area contributed by atoms with E-state index in [1.807, 2.05) is 26.1 Å². The van der Waals surface area contributed by atoms with E-state index in [4.69, 9.17) is 9.97 Å². The third-order valence-corrected chi connectivity index (χ3v) is 7.99. The Balaban J connectivity index is 1.29. The summed E-state index contributed by atoms with van der Waals surface area (Å²) in [6.45, 7) is 9.10. The van der Waals surface area contributed by atoms with Crippen molar-refractivity contribution < 1.29 is 4.39 Å². The zero-order chi connectivity index (χ0) is 25.0. The minimum absolute atomic E-state index is 0.152. The van der Waals surface area contributed by atoms with Gasteiger partial charge in [-0.05, 0) is 55.9 Å². The molecule has 1 saturated carbocycles. The lowest BCUT2D eigenvalue weighted by Crippen LogP contribution is -2.48. The monoisotopic (exact) mass is 488 g/mol. The van der Waals surface area contributed by atoms with E-state index in [1.165, 1.54) is 25.0 Å². The molecule has 3 aromatic rings. The number of aryl methyl sites for hydroxylation is 1. The number of piperidine rings is 1. The zero-order valence-electron chi connectivity index (χ0n) is 21.3. The van der Waals surface area contributed by atoms with Crippen LogP contribution in [0.4, 0.5) is 33.5 Å². The number of halogens is 1. The van der Waals surface area contributed by atoms with Crippen molar-refractivity contribution in [3.63, 3.8) is 0 Å². The molecule has 3 atom stereocenters. The van der Waals surface area contributed by atoms with E-state index in [-0.39, 0.29) is 11.2 Å². The maximum Gasteiger partial charge on any atom is 0.226 e. The predicted octanol–water partition coefficient (Wildman–Crippen LogP) is 4.51. The van der Waals surface area contributed by atoms with Gasteiger partial charge in [0.1, 0.15) is 29.6 Å². The van der Waals surface area contributed by atoms with Gasteiger partial charge in [0, 0.05) is 61.1 Å². The second-order valence-electron chi connectivity index (χ2n) is 11.0. The van der Waals surface area contributed by atoms with Gasteiger partial charge in [-0.1, -0.05) is 13.8 Å². The van der Waals surface area contributed by atoms with E-state index >= 15 is 0 Å². The summed E-state index contributed by atoms with van der Waals surface area (Å²) in [6, 6.07) is 9.04. The summed E-state index contributed by atoms with van der Waals surface area (Å²) in [5, 5.41) is 7.04. The van der Waals surface area contributed by atoms with Crippen molar-refractivity contribution in [2.24, 2.45) is 11.8 Å². The molecule has 8 nitrogen and oxygen atoms in total. The van der Waals surface area contributed by atoms with Crippen LogP contribution in [0.15, 0.2) is 36.7 Å². The molecule has 36 heavy (non-hydrogen) atoms. The van der Waals surface area contributed by atoms with E-state index < -0.39 is 0 Å². The van der Waals surface area contributed by atoms with E-state index in [9.17, 15) is 4.39 Å². The maximum atomic E-state index is 13.6. The second-order valence-corrected chi connectivity index (χ2v) is 11.0. The SMILES string of the molecule is CNc1nc(N[C@@H]2[C@@H]3CC[C@H]2CN(c2cc(C)ncn2)C3)nc2c1C(C)(C)CN2c1ccc(F)cc1. The first kappa shape index (κ1) is 22.9. The number of aromatic nitrogens is 4. The average molecular weight is 489 g/mol. The molecule has 2 fully saturated rings. The summed E-state index contributed by atoms with van der Waals surface area (Å²) in [5.41, 5.74) is 2.87. The Bertz CT molecular complexity index is 1260. The van der Waals surface area contributed by atoms with E-state index in [1.54, 1.807) is 6.33 Å². The molecule has 3 aliphatic rings. The van der Waals surface area contributed by atoms with Gasteiger partial charge in [0.25, 0.3) is 0 Å². The Morgan fingerprint density at radius 1 is 1.03 bits per heavy atom. The minimum Gasteiger partial charge on any atom is -0.373 e. The largest absolute Gasteiger partial charge is 0.373 e. The fraction of sp³-hybridized carbons (Fsp3) is 0.481. The number of hydrogen-bond acceptors (Lipinski definition) is 8. The molecule has 2 bridgehead atoms. The van der Waals surface area contributed by atoms with Crippen molar-refractivity contribution >= 4 is 29.1 Å². The molecule has 1 aromatic carbocycles. The molecule has 2 aliphatic heterocycles. The zero-order valence-corrected chi connectivity index (χ0v) is 21.3. The van der Waals surface area contributed by atoms with Crippen LogP contribution in [-0.4, -0.2) is 52.7 Å². The van der Waals surface area contributed by atoms with Crippen molar-refractivity contribution in [3.05, 3.63) is 53.7 Å². The molecule has 6 rings (SSSR count). The summed E-state index contributed by atoms with van der Waals surface area (Å²) in [4.78, 5) is 23.3. The van der Waals surface area contributed by atoms with Crippen molar-refractivity contribution in [2.75, 3.05) is 47.1 Å². The molecule has 2 N–H and O–H groups in total. The maximum absolute atomic E-state index is 13.6. The fourth-order valence-electron chi connectivity index (χ4n) is 6.30. The Labute approximate surface area is 211 Å². The number of nitrogens with one attached hydrogen (secondary N) is 2. The third kappa shape index (κ3) is 3.90. The first-order valence-corrected chi connectivity index (χ1v) is 12.8. The quantitative estimate of drug-likeness (QED) is 0.543. The van der Waals surface area contributed by atoms with Crippen LogP contribution in [-0.2, 0) is 5.41 Å². The van der Waals surface area contributed by atoms with E-state index in [0.29, 0.717) is 23.8 Å². The highest BCUT2D eigenvalue weighted by Crippen LogP contribution is 2.47. The van der Waals surface area contributed by atoms with Crippen LogP contribution < -0.4 is 20.4 Å². The number of anilines is 5. The predicted molar refractivity (Wildman–Crippen MR) is 141 cm³/mol. The van der Waals surface area contributed by atoms with Gasteiger partial charge in [0.05, 0.1) is 0 Å². The molecule has 188 valence electrons. The number of hydrogen-bond donors (Lipinski definition) is 2. The molecule has 0 spiro atoms. The lowest BCUT2D eigenvalue weighted by atomic mass is 9.88. The Hall–Kier alpha value is -3.49. The van der Waals surface area contributed by atoms with Gasteiger partial charge < -0.3 is 20.4 Å². The van der Waals surface area contributed by atoms with Crippen LogP contribution in [0, 0.1) is 24.6 Å². The van der Waals surface area contributed by atoms with Crippen LogP contribution in [0.5, 0.6) is 0 Å². The molecule has 4 heterocycles. The number of nitrogens with zero attached hydrogens (tertiary/aromatic N) is 6. The van der Waals surface area contributed by atoms with Gasteiger partial charge in [-0.2, -0.15) is 9.97 Å². The summed E-state index contributed by atoms with van der Waals surface area (Å²) in [7, 11) is 1.91. The van der Waals surface area contributed by atoms with Crippen LogP contribution in [0.2, 0.25) is 0 Å². The van der Waals surface area contributed by atoms with Crippen LogP contribution >= 0.6 is 0 Å². The van der Waals surface area contributed by atoms with Crippen LogP contribution in [0.1, 0.15) is 37.9 Å². The van der Waals surface area contributed by atoms with Crippen LogP contribution in [0.3, 0.4) is 0 Å². The summed E-state index contributed by atoms with van der Waals surface area (Å²) in [5.74, 6) is 4.15. The van der Waals surface area contributed by atoms with Gasteiger partial charge >= 0.3 is 0 Å². The lowest BCUT2D eigenvalue weighted by molar-refractivity contribution is 0.375. The van der Waals surface area contributed by atoms with Gasteiger partial charge in [0.2, 0.25) is 5.95 Å². The Kier molecular flexibility index (Phi) is 5.46. The van der Waals surface area contributed by atoms with Crippen molar-refractivity contribution in [3.8, 4) is 0 Å². The standard InChI is InChI=1S/C27H33FN8/c1-16-11-21(31-15-30-16)35-12-17-5-6-18(13-35)23(17)32-26-33-24(29-4)22-25(34-26)36(14-27(22,2)3)20-9-7-19(28)8-10-20/h7-11,15,17-18,23H,5-6,12-14H2,1-4H3,(H2,29,32,33,34)/t17-,18+,23-. The summed E-state index contributed by atoms with van der Waals surface area (Å²) in [6.07, 6.45) is 4.02. The highest BCUT2D eigenvalue weighted by atomic mass is 19.1. The van der Waals surface area contributed by atoms with Gasteiger partial charge in [-0.3, -0.25) is 0 Å². The molecule has 1 saturated heterocycles. The number of fused-ring (bicyclic) bond motifs is 3. The first-order chi connectivity index (χ1) is 17.3. The molecular weight excluding hydrogens is 455 g/mol. The number of benzene rings is 1. The first-order valence-electron chi connectivity index (χ1n) is 12.8. The van der Waals surface area contributed by atoms with Crippen molar-refractivity contribution in [2.45, 2.75) is 45.1 Å². The van der Waals surface area contributed by atoms with E-state index in [2.05, 4.69) is 50.3 Å². The molecule has 9 heteroatoms. The molecule has 2 aromatic heterocycles. The van der Waals surface area contributed by atoms with Gasteiger partial charge in [-0.25, -0.2) is 14.4 Å². The smallest absolute Gasteiger partial charge is 0.226 e. The Morgan fingerprint density at radius 2 is 1.75 bits per heavy atom. The summed E-state index contributed by atoms with van der Waals surface area (Å²) < 4.78 is 13.6. The molecule has 1 aliphatic carbocycles. The fourth-order valence-corrected chi connectivity index (χ4v) is 6.30. The molecule has 0 amide bonds. The minimum atomic E-state index is -0.239. The highest BCUT2D eigenvalue weighted by molar-refractivity contribution is 5.75. The lowest BCUT2D eigenvalue weighted by Gasteiger charge is -2.39. The molecule has 0 radical (unpaired) electrons. The average Bonchev–Trinajstić information content (AvgIpc) is 3.25. The van der Waals surface area contributed by atoms with E-state index in [0.717, 1.165) is 54.0 Å². The normalized spacial score (nSPS) is 24.1. The highest BCUT2D eigenvalue weighted by Gasteiger charge is 2.44. The van der Waals surface area contributed by atoms with Gasteiger partial charge in [-0.15, -0.1) is 0 Å². The molecular formula is C27H33FN8. The number of rotatable bonds is 5.